The third-order valence-electron chi connectivity index (χ3n) is 1.67. The van der Waals surface area contributed by atoms with Crippen LogP contribution in [0.25, 0.3) is 0 Å². The van der Waals surface area contributed by atoms with Crippen molar-refractivity contribution in [2.45, 2.75) is 19.4 Å². The fourth-order valence-corrected chi connectivity index (χ4v) is 1.70. The van der Waals surface area contributed by atoms with Crippen molar-refractivity contribution < 1.29 is 14.6 Å². The molecule has 1 rings (SSSR count). The Morgan fingerprint density at radius 2 is 2.46 bits per heavy atom. The number of carbonyl (C=O) groups is 1. The van der Waals surface area contributed by atoms with Crippen molar-refractivity contribution in [2.24, 2.45) is 0 Å². The molecule has 0 aliphatic carbocycles. The quantitative estimate of drug-likeness (QED) is 0.752. The van der Waals surface area contributed by atoms with Gasteiger partial charge in [-0.15, -0.1) is 11.3 Å². The van der Waals surface area contributed by atoms with Gasteiger partial charge in [-0.3, -0.25) is 0 Å². The summed E-state index contributed by atoms with van der Waals surface area (Å²) >= 11 is 1.33. The maximum atomic E-state index is 11.3. The molecule has 4 heteroatoms. The monoisotopic (exact) mass is 200 g/mol. The summed E-state index contributed by atoms with van der Waals surface area (Å²) in [6, 6.07) is 3.50. The summed E-state index contributed by atoms with van der Waals surface area (Å²) in [5.74, 6) is -0.600. The molecule has 0 spiro atoms. The van der Waals surface area contributed by atoms with Crippen molar-refractivity contribution in [3.05, 3.63) is 22.4 Å². The number of aliphatic hydroxyl groups is 1. The Bertz CT molecular complexity index is 277. The molecule has 3 nitrogen and oxygen atoms in total. The molecule has 0 saturated carbocycles. The minimum Gasteiger partial charge on any atom is -0.464 e. The maximum absolute atomic E-state index is 11.3. The van der Waals surface area contributed by atoms with Crippen LogP contribution in [0.2, 0.25) is 0 Å². The van der Waals surface area contributed by atoms with Gasteiger partial charge in [-0.1, -0.05) is 6.07 Å². The molecule has 72 valence electrons. The highest BCUT2D eigenvalue weighted by atomic mass is 32.1. The van der Waals surface area contributed by atoms with E-state index in [1.807, 2.05) is 5.38 Å². The minimum absolute atomic E-state index is 0.278. The molecule has 1 N–H and O–H groups in total. The van der Waals surface area contributed by atoms with E-state index in [1.54, 1.807) is 19.1 Å². The summed E-state index contributed by atoms with van der Waals surface area (Å²) in [4.78, 5) is 11.9. The van der Waals surface area contributed by atoms with Crippen LogP contribution in [-0.4, -0.2) is 17.7 Å². The average Bonchev–Trinajstić information content (AvgIpc) is 2.56. The van der Waals surface area contributed by atoms with E-state index < -0.39 is 11.6 Å². The van der Waals surface area contributed by atoms with Crippen LogP contribution >= 0.6 is 11.3 Å². The van der Waals surface area contributed by atoms with Crippen LogP contribution < -0.4 is 0 Å². The van der Waals surface area contributed by atoms with Gasteiger partial charge in [-0.25, -0.2) is 4.79 Å². The zero-order valence-electron chi connectivity index (χ0n) is 7.61. The predicted molar refractivity (Wildman–Crippen MR) is 50.5 cm³/mol. The van der Waals surface area contributed by atoms with Gasteiger partial charge < -0.3 is 9.84 Å². The molecule has 1 heterocycles. The number of ether oxygens (including phenoxy) is 1. The van der Waals surface area contributed by atoms with Crippen molar-refractivity contribution in [1.82, 2.24) is 0 Å². The summed E-state index contributed by atoms with van der Waals surface area (Å²) in [5.41, 5.74) is -1.51. The molecule has 1 unspecified atom stereocenters. The first-order chi connectivity index (χ1) is 6.09. The molecule has 1 aromatic heterocycles. The Hall–Kier alpha value is -0.870. The number of hydrogen-bond acceptors (Lipinski definition) is 4. The topological polar surface area (TPSA) is 46.5 Å². The van der Waals surface area contributed by atoms with E-state index in [4.69, 9.17) is 4.74 Å². The lowest BCUT2D eigenvalue weighted by Gasteiger charge is -2.18. The number of thiophene rings is 1. The second kappa shape index (κ2) is 3.89. The molecule has 0 fully saturated rings. The van der Waals surface area contributed by atoms with Crippen LogP contribution in [0.5, 0.6) is 0 Å². The fourth-order valence-electron chi connectivity index (χ4n) is 0.928. The van der Waals surface area contributed by atoms with E-state index in [9.17, 15) is 9.90 Å². The SMILES string of the molecule is CCOC(=O)C(C)(O)c1cccs1. The largest absolute Gasteiger partial charge is 0.464 e. The molecule has 0 aliphatic heterocycles. The van der Waals surface area contributed by atoms with Gasteiger partial charge in [-0.05, 0) is 25.3 Å². The van der Waals surface area contributed by atoms with Gasteiger partial charge in [0.2, 0.25) is 0 Å². The van der Waals surface area contributed by atoms with E-state index in [1.165, 1.54) is 18.3 Å². The van der Waals surface area contributed by atoms with Gasteiger partial charge >= 0.3 is 5.97 Å². The fraction of sp³-hybridized carbons (Fsp3) is 0.444. The first-order valence-electron chi connectivity index (χ1n) is 4.02. The summed E-state index contributed by atoms with van der Waals surface area (Å²) in [5, 5.41) is 11.6. The highest BCUT2D eigenvalue weighted by molar-refractivity contribution is 7.10. The van der Waals surface area contributed by atoms with Crippen molar-refractivity contribution in [1.29, 1.82) is 0 Å². The van der Waals surface area contributed by atoms with Crippen LogP contribution in [0.15, 0.2) is 17.5 Å². The Kier molecular flexibility index (Phi) is 3.06. The van der Waals surface area contributed by atoms with Crippen molar-refractivity contribution in [3.63, 3.8) is 0 Å². The van der Waals surface area contributed by atoms with E-state index in [-0.39, 0.29) is 6.61 Å². The van der Waals surface area contributed by atoms with Crippen molar-refractivity contribution in [2.75, 3.05) is 6.61 Å². The molecule has 1 atom stereocenters. The summed E-state index contributed by atoms with van der Waals surface area (Å²) in [6.07, 6.45) is 0. The van der Waals surface area contributed by atoms with Crippen molar-refractivity contribution in [3.8, 4) is 0 Å². The van der Waals surface area contributed by atoms with E-state index in [0.29, 0.717) is 4.88 Å². The smallest absolute Gasteiger partial charge is 0.343 e. The van der Waals surface area contributed by atoms with E-state index >= 15 is 0 Å². The third kappa shape index (κ3) is 2.08. The van der Waals surface area contributed by atoms with Crippen molar-refractivity contribution >= 4 is 17.3 Å². The van der Waals surface area contributed by atoms with Crippen LogP contribution in [0.1, 0.15) is 18.7 Å². The molecule has 0 aliphatic rings. The van der Waals surface area contributed by atoms with Gasteiger partial charge in [0.1, 0.15) is 0 Å². The third-order valence-corrected chi connectivity index (χ3v) is 2.75. The van der Waals surface area contributed by atoms with Gasteiger partial charge in [0.15, 0.2) is 5.60 Å². The Labute approximate surface area is 81.0 Å². The molecular formula is C9H12O3S. The molecule has 0 radical (unpaired) electrons. The first kappa shape index (κ1) is 10.2. The van der Waals surface area contributed by atoms with Crippen LogP contribution in [0.4, 0.5) is 0 Å². The second-order valence-electron chi connectivity index (χ2n) is 2.77. The maximum Gasteiger partial charge on any atom is 0.343 e. The normalized spacial score (nSPS) is 15.0. The minimum atomic E-state index is -1.51. The van der Waals surface area contributed by atoms with Crippen LogP contribution in [0.3, 0.4) is 0 Å². The Balaban J connectivity index is 2.82. The number of esters is 1. The number of hydrogen-bond donors (Lipinski definition) is 1. The van der Waals surface area contributed by atoms with Crippen LogP contribution in [-0.2, 0) is 15.1 Å². The zero-order valence-corrected chi connectivity index (χ0v) is 8.43. The summed E-state index contributed by atoms with van der Waals surface area (Å²) in [7, 11) is 0. The van der Waals surface area contributed by atoms with Crippen LogP contribution in [0, 0.1) is 0 Å². The highest BCUT2D eigenvalue weighted by Crippen LogP contribution is 2.26. The average molecular weight is 200 g/mol. The first-order valence-corrected chi connectivity index (χ1v) is 4.90. The molecule has 1 aromatic rings. The molecule has 0 amide bonds. The Morgan fingerprint density at radius 3 is 2.92 bits per heavy atom. The number of rotatable bonds is 3. The molecule has 13 heavy (non-hydrogen) atoms. The molecule has 0 bridgehead atoms. The standard InChI is InChI=1S/C9H12O3S/c1-3-12-8(10)9(2,11)7-5-4-6-13-7/h4-6,11H,3H2,1-2H3. The molecule has 0 aromatic carbocycles. The van der Waals surface area contributed by atoms with Gasteiger partial charge in [-0.2, -0.15) is 0 Å². The number of carbonyl (C=O) groups excluding carboxylic acids is 1. The highest BCUT2D eigenvalue weighted by Gasteiger charge is 2.34. The van der Waals surface area contributed by atoms with Gasteiger partial charge in [0.05, 0.1) is 6.61 Å². The Morgan fingerprint density at radius 1 is 1.77 bits per heavy atom. The van der Waals surface area contributed by atoms with E-state index in [0.717, 1.165) is 0 Å². The lowest BCUT2D eigenvalue weighted by molar-refractivity contribution is -0.163. The second-order valence-corrected chi connectivity index (χ2v) is 3.72. The lowest BCUT2D eigenvalue weighted by Crippen LogP contribution is -2.33. The summed E-state index contributed by atoms with van der Waals surface area (Å²) < 4.78 is 4.75. The van der Waals surface area contributed by atoms with E-state index in [2.05, 4.69) is 0 Å². The molecular weight excluding hydrogens is 188 g/mol. The zero-order chi connectivity index (χ0) is 9.90. The molecule has 0 saturated heterocycles. The summed E-state index contributed by atoms with van der Waals surface area (Å²) in [6.45, 7) is 3.43. The van der Waals surface area contributed by atoms with Gasteiger partial charge in [0, 0.05) is 4.88 Å². The van der Waals surface area contributed by atoms with Gasteiger partial charge in [0.25, 0.3) is 0 Å². The predicted octanol–water partition coefficient (Wildman–Crippen LogP) is 1.52. The lowest BCUT2D eigenvalue weighted by atomic mass is 10.1.